The van der Waals surface area contributed by atoms with Crippen molar-refractivity contribution in [3.63, 3.8) is 0 Å². The molecule has 0 heterocycles. The van der Waals surface area contributed by atoms with Gasteiger partial charge >= 0.3 is 0 Å². The summed E-state index contributed by atoms with van der Waals surface area (Å²) in [6.45, 7) is 4.12. The molecule has 0 fully saturated rings. The number of nitrogens with one attached hydrogen (secondary N) is 1. The van der Waals surface area contributed by atoms with Gasteiger partial charge in [-0.2, -0.15) is 5.26 Å². The average molecular weight is 249 g/mol. The molecule has 1 rings (SSSR count). The van der Waals surface area contributed by atoms with Crippen molar-refractivity contribution in [2.24, 2.45) is 5.92 Å². The van der Waals surface area contributed by atoms with E-state index in [2.05, 4.69) is 5.32 Å². The number of aliphatic hydroxyl groups excluding tert-OH is 1. The van der Waals surface area contributed by atoms with Crippen LogP contribution in [-0.4, -0.2) is 22.7 Å². The monoisotopic (exact) mass is 249 g/mol. The molecule has 1 aromatic rings. The third-order valence-corrected chi connectivity index (χ3v) is 2.60. The van der Waals surface area contributed by atoms with E-state index in [1.807, 2.05) is 13.8 Å². The van der Waals surface area contributed by atoms with Crippen molar-refractivity contribution >= 4 is 11.4 Å². The standard InChI is InChI=1S/C12H15N3O3/c1-8(2)12(16)7-14-10-3-4-11(15(17)18)9(5-10)6-13/h3-5,8,12,14,16H,7H2,1-2H3. The normalized spacial score (nSPS) is 11.9. The smallest absolute Gasteiger partial charge is 0.287 e. The van der Waals surface area contributed by atoms with Crippen molar-refractivity contribution < 1.29 is 10.0 Å². The third kappa shape index (κ3) is 3.43. The molecule has 18 heavy (non-hydrogen) atoms. The lowest BCUT2D eigenvalue weighted by molar-refractivity contribution is -0.385. The topological polar surface area (TPSA) is 99.2 Å². The fourth-order valence-corrected chi connectivity index (χ4v) is 1.35. The van der Waals surface area contributed by atoms with Crippen LogP contribution >= 0.6 is 0 Å². The molecule has 6 heteroatoms. The van der Waals surface area contributed by atoms with E-state index in [4.69, 9.17) is 5.26 Å². The fraction of sp³-hybridized carbons (Fsp3) is 0.417. The van der Waals surface area contributed by atoms with Gasteiger partial charge in [-0.3, -0.25) is 10.1 Å². The third-order valence-electron chi connectivity index (χ3n) is 2.60. The summed E-state index contributed by atoms with van der Waals surface area (Å²) in [5.74, 6) is 0.117. The first kappa shape index (κ1) is 13.9. The summed E-state index contributed by atoms with van der Waals surface area (Å²) < 4.78 is 0. The van der Waals surface area contributed by atoms with Gasteiger partial charge in [0.05, 0.1) is 11.0 Å². The Hall–Kier alpha value is -2.13. The highest BCUT2D eigenvalue weighted by atomic mass is 16.6. The van der Waals surface area contributed by atoms with E-state index in [-0.39, 0.29) is 17.2 Å². The van der Waals surface area contributed by atoms with Crippen molar-refractivity contribution in [3.8, 4) is 6.07 Å². The van der Waals surface area contributed by atoms with Gasteiger partial charge in [-0.15, -0.1) is 0 Å². The number of hydrogen-bond acceptors (Lipinski definition) is 5. The molecule has 0 aliphatic rings. The highest BCUT2D eigenvalue weighted by Crippen LogP contribution is 2.21. The Bertz CT molecular complexity index is 480. The molecule has 0 saturated heterocycles. The molecule has 2 N–H and O–H groups in total. The summed E-state index contributed by atoms with van der Waals surface area (Å²) >= 11 is 0. The number of anilines is 1. The van der Waals surface area contributed by atoms with Gasteiger partial charge in [0.15, 0.2) is 0 Å². The van der Waals surface area contributed by atoms with E-state index >= 15 is 0 Å². The Morgan fingerprint density at radius 2 is 2.22 bits per heavy atom. The average Bonchev–Trinajstić information content (AvgIpc) is 2.34. The molecular weight excluding hydrogens is 234 g/mol. The van der Waals surface area contributed by atoms with Crippen LogP contribution in [0.15, 0.2) is 18.2 Å². The first-order valence-corrected chi connectivity index (χ1v) is 5.56. The first-order chi connectivity index (χ1) is 8.45. The summed E-state index contributed by atoms with van der Waals surface area (Å²) in [6.07, 6.45) is -0.509. The van der Waals surface area contributed by atoms with E-state index in [9.17, 15) is 15.2 Å². The van der Waals surface area contributed by atoms with Crippen molar-refractivity contribution in [1.82, 2.24) is 0 Å². The summed E-state index contributed by atoms with van der Waals surface area (Å²) in [5, 5.41) is 32.0. The summed E-state index contributed by atoms with van der Waals surface area (Å²) in [4.78, 5) is 10.0. The van der Waals surface area contributed by atoms with Crippen LogP contribution < -0.4 is 5.32 Å². The first-order valence-electron chi connectivity index (χ1n) is 5.56. The Kier molecular flexibility index (Phi) is 4.63. The maximum atomic E-state index is 10.6. The van der Waals surface area contributed by atoms with Gasteiger partial charge in [0.2, 0.25) is 0 Å². The highest BCUT2D eigenvalue weighted by Gasteiger charge is 2.14. The van der Waals surface area contributed by atoms with Crippen molar-refractivity contribution in [1.29, 1.82) is 5.26 Å². The minimum atomic E-state index is -0.592. The SMILES string of the molecule is CC(C)C(O)CNc1ccc([N+](=O)[O-])c(C#N)c1. The van der Waals surface area contributed by atoms with Gasteiger partial charge in [0.1, 0.15) is 11.6 Å². The molecule has 0 aromatic heterocycles. The molecule has 6 nitrogen and oxygen atoms in total. The molecule has 0 radical (unpaired) electrons. The second kappa shape index (κ2) is 5.98. The molecule has 1 unspecified atom stereocenters. The van der Waals surface area contributed by atoms with Crippen LogP contribution in [0.5, 0.6) is 0 Å². The van der Waals surface area contributed by atoms with Gasteiger partial charge in [0.25, 0.3) is 5.69 Å². The van der Waals surface area contributed by atoms with Crippen molar-refractivity contribution in [2.45, 2.75) is 20.0 Å². The molecule has 0 bridgehead atoms. The van der Waals surface area contributed by atoms with E-state index in [0.29, 0.717) is 12.2 Å². The van der Waals surface area contributed by atoms with E-state index in [0.717, 1.165) is 0 Å². The summed E-state index contributed by atoms with van der Waals surface area (Å²) in [6, 6.07) is 5.99. The number of hydrogen-bond donors (Lipinski definition) is 2. The van der Waals surface area contributed by atoms with Crippen LogP contribution in [0, 0.1) is 27.4 Å². The second-order valence-corrected chi connectivity index (χ2v) is 4.29. The highest BCUT2D eigenvalue weighted by molar-refractivity contribution is 5.58. The quantitative estimate of drug-likeness (QED) is 0.613. The van der Waals surface area contributed by atoms with Gasteiger partial charge in [-0.25, -0.2) is 0 Å². The van der Waals surface area contributed by atoms with E-state index < -0.39 is 11.0 Å². The van der Waals surface area contributed by atoms with Crippen molar-refractivity contribution in [3.05, 3.63) is 33.9 Å². The predicted molar refractivity (Wildman–Crippen MR) is 67.1 cm³/mol. The van der Waals surface area contributed by atoms with Gasteiger partial charge in [-0.1, -0.05) is 13.8 Å². The Morgan fingerprint density at radius 3 is 2.72 bits per heavy atom. The summed E-state index contributed by atoms with van der Waals surface area (Å²) in [5.41, 5.74) is 0.369. The minimum Gasteiger partial charge on any atom is -0.391 e. The molecule has 0 amide bonds. The zero-order valence-electron chi connectivity index (χ0n) is 10.3. The number of rotatable bonds is 5. The number of benzene rings is 1. The predicted octanol–water partition coefficient (Wildman–Crippen LogP) is 1.90. The van der Waals surface area contributed by atoms with Crippen molar-refractivity contribution in [2.75, 3.05) is 11.9 Å². The van der Waals surface area contributed by atoms with E-state index in [1.165, 1.54) is 18.2 Å². The Balaban J connectivity index is 2.81. The summed E-state index contributed by atoms with van der Waals surface area (Å²) in [7, 11) is 0. The number of aliphatic hydroxyl groups is 1. The largest absolute Gasteiger partial charge is 0.391 e. The maximum absolute atomic E-state index is 10.6. The van der Waals surface area contributed by atoms with Gasteiger partial charge < -0.3 is 10.4 Å². The van der Waals surface area contributed by atoms with Gasteiger partial charge in [0, 0.05) is 18.3 Å². The maximum Gasteiger partial charge on any atom is 0.287 e. The lowest BCUT2D eigenvalue weighted by Gasteiger charge is -2.15. The Labute approximate surface area is 105 Å². The number of nitriles is 1. The van der Waals surface area contributed by atoms with Crippen LogP contribution in [0.1, 0.15) is 19.4 Å². The van der Waals surface area contributed by atoms with Crippen LogP contribution in [0.3, 0.4) is 0 Å². The number of nitro benzene ring substituents is 1. The zero-order chi connectivity index (χ0) is 13.7. The lowest BCUT2D eigenvalue weighted by atomic mass is 10.1. The van der Waals surface area contributed by atoms with Crippen LogP contribution in [-0.2, 0) is 0 Å². The Morgan fingerprint density at radius 1 is 1.56 bits per heavy atom. The lowest BCUT2D eigenvalue weighted by Crippen LogP contribution is -2.24. The molecule has 0 saturated carbocycles. The molecule has 0 aliphatic heterocycles. The van der Waals surface area contributed by atoms with E-state index in [1.54, 1.807) is 6.07 Å². The minimum absolute atomic E-state index is 0.00374. The van der Waals surface area contributed by atoms with Gasteiger partial charge in [-0.05, 0) is 18.1 Å². The van der Waals surface area contributed by atoms with Crippen LogP contribution in [0.25, 0.3) is 0 Å². The molecule has 1 aromatic carbocycles. The molecular formula is C12H15N3O3. The zero-order valence-corrected chi connectivity index (χ0v) is 10.3. The van der Waals surface area contributed by atoms with Crippen LogP contribution in [0.2, 0.25) is 0 Å². The molecule has 0 spiro atoms. The fourth-order valence-electron chi connectivity index (χ4n) is 1.35. The number of nitro groups is 1. The molecule has 96 valence electrons. The van der Waals surface area contributed by atoms with Crippen LogP contribution in [0.4, 0.5) is 11.4 Å². The second-order valence-electron chi connectivity index (χ2n) is 4.29. The number of nitrogens with zero attached hydrogens (tertiary/aromatic N) is 2. The molecule has 1 atom stereocenters. The molecule has 0 aliphatic carbocycles.